The molecule has 2 rings (SSSR count). The van der Waals surface area contributed by atoms with Gasteiger partial charge in [-0.25, -0.2) is 4.79 Å². The van der Waals surface area contributed by atoms with E-state index in [1.165, 1.54) is 0 Å². The molecule has 2 N–H and O–H groups in total. The van der Waals surface area contributed by atoms with Crippen LogP contribution in [0.4, 0.5) is 11.4 Å². The summed E-state index contributed by atoms with van der Waals surface area (Å²) in [5.74, 6) is -1.92. The number of carbonyl (C=O) groups excluding carboxylic acids is 4. The number of ether oxygens (including phenoxy) is 2. The van der Waals surface area contributed by atoms with Crippen LogP contribution in [-0.2, 0) is 23.9 Å². The second-order valence-electron chi connectivity index (χ2n) is 7.74. The zero-order valence-corrected chi connectivity index (χ0v) is 21.1. The number of benzene rings is 2. The molecule has 8 nitrogen and oxygen atoms in total. The van der Waals surface area contributed by atoms with E-state index in [-0.39, 0.29) is 18.7 Å². The fourth-order valence-electron chi connectivity index (χ4n) is 2.84. The van der Waals surface area contributed by atoms with Crippen LogP contribution in [0.2, 0.25) is 0 Å². The summed E-state index contributed by atoms with van der Waals surface area (Å²) >= 11 is 3.43. The molecule has 2 aromatic rings. The van der Waals surface area contributed by atoms with Crippen LogP contribution < -0.4 is 10.6 Å². The molecule has 9 heteroatoms. The molecule has 0 unspecified atom stereocenters. The lowest BCUT2D eigenvalue weighted by molar-refractivity contribution is -0.147. The Morgan fingerprint density at radius 1 is 0.882 bits per heavy atom. The molecule has 0 spiro atoms. The molecule has 0 heterocycles. The molecule has 0 bridgehead atoms. The molecule has 0 aliphatic carbocycles. The minimum atomic E-state index is -0.654. The third-order valence-corrected chi connectivity index (χ3v) is 5.69. The molecule has 0 radical (unpaired) electrons. The van der Waals surface area contributed by atoms with Gasteiger partial charge in [-0.1, -0.05) is 29.3 Å². The van der Waals surface area contributed by atoms with Crippen LogP contribution in [0.1, 0.15) is 54.1 Å². The van der Waals surface area contributed by atoms with Crippen molar-refractivity contribution in [1.82, 2.24) is 0 Å². The van der Waals surface area contributed by atoms with Gasteiger partial charge in [0.2, 0.25) is 5.91 Å². The summed E-state index contributed by atoms with van der Waals surface area (Å²) in [7, 11) is 0. The molecule has 0 atom stereocenters. The van der Waals surface area contributed by atoms with Crippen LogP contribution in [-0.4, -0.2) is 37.0 Å². The quantitative estimate of drug-likeness (QED) is 0.313. The lowest BCUT2D eigenvalue weighted by atomic mass is 10.1. The molecular weight excluding hydrogens is 504 g/mol. The summed E-state index contributed by atoms with van der Waals surface area (Å²) < 4.78 is 11.0. The molecule has 0 saturated heterocycles. The Bertz CT molecular complexity index is 1040. The summed E-state index contributed by atoms with van der Waals surface area (Å²) in [4.78, 5) is 48.0. The lowest BCUT2D eigenvalue weighted by Gasteiger charge is -2.11. The van der Waals surface area contributed by atoms with Crippen molar-refractivity contribution in [3.63, 3.8) is 0 Å². The first-order valence-electron chi connectivity index (χ1n) is 11.0. The molecule has 0 fully saturated rings. The predicted molar refractivity (Wildman–Crippen MR) is 133 cm³/mol. The second-order valence-corrected chi connectivity index (χ2v) is 8.59. The number of aryl methyl sites for hydroxylation is 2. The van der Waals surface area contributed by atoms with E-state index in [0.29, 0.717) is 23.5 Å². The van der Waals surface area contributed by atoms with E-state index in [4.69, 9.17) is 9.47 Å². The normalized spacial score (nSPS) is 10.4. The van der Waals surface area contributed by atoms with Crippen LogP contribution in [0, 0.1) is 13.8 Å². The average molecular weight is 533 g/mol. The zero-order valence-electron chi connectivity index (χ0n) is 19.5. The van der Waals surface area contributed by atoms with Crippen molar-refractivity contribution in [3.05, 3.63) is 57.6 Å². The van der Waals surface area contributed by atoms with Gasteiger partial charge in [-0.05, 0) is 67.8 Å². The summed E-state index contributed by atoms with van der Waals surface area (Å²) in [5.41, 5.74) is 3.36. The van der Waals surface area contributed by atoms with Gasteiger partial charge in [-0.3, -0.25) is 14.4 Å². The van der Waals surface area contributed by atoms with Crippen molar-refractivity contribution >= 4 is 51.1 Å². The van der Waals surface area contributed by atoms with Gasteiger partial charge in [0.1, 0.15) is 0 Å². The van der Waals surface area contributed by atoms with E-state index in [0.717, 1.165) is 28.4 Å². The number of rotatable bonds is 11. The smallest absolute Gasteiger partial charge is 0.338 e. The van der Waals surface area contributed by atoms with E-state index in [9.17, 15) is 19.2 Å². The standard InChI is InChI=1S/C25H29BrN2O6/c1-4-5-12-33-25(32)18-6-8-19(9-7-18)27-22(29)10-11-24(31)34-15-23(30)28-21-14-16(2)20(26)13-17(21)3/h6-9,13-14H,4-5,10-12,15H2,1-3H3,(H,27,29)(H,28,30). The van der Waals surface area contributed by atoms with E-state index in [1.54, 1.807) is 24.3 Å². The van der Waals surface area contributed by atoms with E-state index in [2.05, 4.69) is 26.6 Å². The highest BCUT2D eigenvalue weighted by Crippen LogP contribution is 2.24. The number of carbonyl (C=O) groups is 4. The first-order chi connectivity index (χ1) is 16.2. The number of anilines is 2. The van der Waals surface area contributed by atoms with Crippen molar-refractivity contribution in [3.8, 4) is 0 Å². The minimum Gasteiger partial charge on any atom is -0.462 e. The maximum absolute atomic E-state index is 12.1. The number of hydrogen-bond donors (Lipinski definition) is 2. The van der Waals surface area contributed by atoms with E-state index in [1.807, 2.05) is 32.9 Å². The van der Waals surface area contributed by atoms with Crippen molar-refractivity contribution in [2.24, 2.45) is 0 Å². The average Bonchev–Trinajstić information content (AvgIpc) is 2.80. The first-order valence-corrected chi connectivity index (χ1v) is 11.8. The van der Waals surface area contributed by atoms with Crippen molar-refractivity contribution in [2.75, 3.05) is 23.8 Å². The van der Waals surface area contributed by atoms with Crippen LogP contribution >= 0.6 is 15.9 Å². The molecule has 0 aliphatic heterocycles. The largest absolute Gasteiger partial charge is 0.462 e. The first kappa shape index (κ1) is 27.0. The van der Waals surface area contributed by atoms with Crippen molar-refractivity contribution in [2.45, 2.75) is 46.5 Å². The Kier molecular flexibility index (Phi) is 10.7. The second kappa shape index (κ2) is 13.5. The van der Waals surface area contributed by atoms with Gasteiger partial charge in [0.25, 0.3) is 5.91 Å². The topological polar surface area (TPSA) is 111 Å². The monoisotopic (exact) mass is 532 g/mol. The Labute approximate surface area is 207 Å². The zero-order chi connectivity index (χ0) is 25.1. The SMILES string of the molecule is CCCCOC(=O)c1ccc(NC(=O)CCC(=O)OCC(=O)Nc2cc(C)c(Br)cc2C)cc1. The third kappa shape index (κ3) is 8.97. The van der Waals surface area contributed by atoms with E-state index >= 15 is 0 Å². The maximum Gasteiger partial charge on any atom is 0.338 e. The molecule has 2 amide bonds. The summed E-state index contributed by atoms with van der Waals surface area (Å²) in [5, 5.41) is 5.36. The molecule has 2 aromatic carbocycles. The van der Waals surface area contributed by atoms with Crippen molar-refractivity contribution in [1.29, 1.82) is 0 Å². The van der Waals surface area contributed by atoms with E-state index < -0.39 is 24.5 Å². The number of esters is 2. The van der Waals surface area contributed by atoms with Crippen LogP contribution in [0.3, 0.4) is 0 Å². The Morgan fingerprint density at radius 3 is 2.26 bits per heavy atom. The van der Waals surface area contributed by atoms with Gasteiger partial charge in [0, 0.05) is 22.3 Å². The minimum absolute atomic E-state index is 0.105. The third-order valence-electron chi connectivity index (χ3n) is 4.84. The predicted octanol–water partition coefficient (Wildman–Crippen LogP) is 4.92. The molecular formula is C25H29BrN2O6. The van der Waals surface area contributed by atoms with Crippen molar-refractivity contribution < 1.29 is 28.7 Å². The van der Waals surface area contributed by atoms with Gasteiger partial charge >= 0.3 is 11.9 Å². The Morgan fingerprint density at radius 2 is 1.59 bits per heavy atom. The van der Waals surface area contributed by atoms with Gasteiger partial charge in [0.15, 0.2) is 6.61 Å². The number of amides is 2. The van der Waals surface area contributed by atoms with Gasteiger partial charge in [-0.2, -0.15) is 0 Å². The highest BCUT2D eigenvalue weighted by molar-refractivity contribution is 9.10. The van der Waals surface area contributed by atoms with Crippen LogP contribution in [0.25, 0.3) is 0 Å². The Balaban J connectivity index is 1.71. The summed E-state index contributed by atoms with van der Waals surface area (Å²) in [6, 6.07) is 10.0. The fourth-order valence-corrected chi connectivity index (χ4v) is 3.30. The number of hydrogen-bond acceptors (Lipinski definition) is 6. The molecule has 0 aromatic heterocycles. The van der Waals surface area contributed by atoms with Gasteiger partial charge in [0.05, 0.1) is 18.6 Å². The van der Waals surface area contributed by atoms with Gasteiger partial charge in [-0.15, -0.1) is 0 Å². The molecule has 0 aliphatic rings. The summed E-state index contributed by atoms with van der Waals surface area (Å²) in [6.07, 6.45) is 1.46. The fraction of sp³-hybridized carbons (Fsp3) is 0.360. The number of halogens is 1. The number of unbranched alkanes of at least 4 members (excludes halogenated alkanes) is 1. The molecule has 0 saturated carbocycles. The van der Waals surface area contributed by atoms with Crippen LogP contribution in [0.15, 0.2) is 40.9 Å². The maximum atomic E-state index is 12.1. The highest BCUT2D eigenvalue weighted by atomic mass is 79.9. The molecule has 34 heavy (non-hydrogen) atoms. The summed E-state index contributed by atoms with van der Waals surface area (Å²) in [6.45, 7) is 5.70. The lowest BCUT2D eigenvalue weighted by Crippen LogP contribution is -2.22. The Hall–Kier alpha value is -3.20. The highest BCUT2D eigenvalue weighted by Gasteiger charge is 2.13. The van der Waals surface area contributed by atoms with Crippen LogP contribution in [0.5, 0.6) is 0 Å². The van der Waals surface area contributed by atoms with Gasteiger partial charge < -0.3 is 20.1 Å². The molecule has 182 valence electrons. The number of nitrogens with one attached hydrogen (secondary N) is 2.